The fourth-order valence-corrected chi connectivity index (χ4v) is 3.24. The van der Waals surface area contributed by atoms with Crippen LogP contribution in [0.3, 0.4) is 0 Å². The maximum absolute atomic E-state index is 13.3. The van der Waals surface area contributed by atoms with Crippen LogP contribution in [0.25, 0.3) is 16.6 Å². The van der Waals surface area contributed by atoms with Gasteiger partial charge in [-0.15, -0.1) is 0 Å². The lowest BCUT2D eigenvalue weighted by Gasteiger charge is -2.10. The highest BCUT2D eigenvalue weighted by molar-refractivity contribution is 6.13. The van der Waals surface area contributed by atoms with Crippen molar-refractivity contribution in [3.63, 3.8) is 0 Å². The Morgan fingerprint density at radius 2 is 1.75 bits per heavy atom. The van der Waals surface area contributed by atoms with Gasteiger partial charge < -0.3 is 10.2 Å². The zero-order valence-electron chi connectivity index (χ0n) is 17.2. The second-order valence-electron chi connectivity index (χ2n) is 7.23. The second kappa shape index (κ2) is 8.74. The highest BCUT2D eigenvalue weighted by atomic mass is 19.4. The van der Waals surface area contributed by atoms with E-state index in [1.165, 1.54) is 17.6 Å². The predicted molar refractivity (Wildman–Crippen MR) is 112 cm³/mol. The van der Waals surface area contributed by atoms with Crippen molar-refractivity contribution in [3.05, 3.63) is 59.2 Å². The van der Waals surface area contributed by atoms with Gasteiger partial charge in [-0.2, -0.15) is 18.3 Å². The van der Waals surface area contributed by atoms with Crippen molar-refractivity contribution in [2.45, 2.75) is 32.9 Å². The molecule has 0 aliphatic carbocycles. The van der Waals surface area contributed by atoms with E-state index >= 15 is 0 Å². The minimum Gasteiger partial charge on any atom is -0.494 e. The molecule has 1 heterocycles. The van der Waals surface area contributed by atoms with E-state index in [0.717, 1.165) is 17.7 Å². The number of carboxylic acids is 1. The first-order valence-corrected chi connectivity index (χ1v) is 9.56. The third-order valence-corrected chi connectivity index (χ3v) is 4.84. The Morgan fingerprint density at radius 3 is 2.34 bits per heavy atom. The molecule has 0 atom stereocenters. The first kappa shape index (κ1) is 22.9. The smallest absolute Gasteiger partial charge is 0.416 e. The lowest BCUT2D eigenvalue weighted by molar-refractivity contribution is -0.139. The highest BCUT2D eigenvalue weighted by Crippen LogP contribution is 2.38. The number of rotatable bonds is 6. The van der Waals surface area contributed by atoms with Crippen LogP contribution in [-0.4, -0.2) is 32.4 Å². The molecule has 3 N–H and O–H groups in total. The van der Waals surface area contributed by atoms with E-state index in [1.807, 2.05) is 6.92 Å². The summed E-state index contributed by atoms with van der Waals surface area (Å²) < 4.78 is 41.3. The fraction of sp³-hybridized carbons (Fsp3) is 0.227. The molecule has 0 saturated heterocycles. The molecule has 32 heavy (non-hydrogen) atoms. The summed E-state index contributed by atoms with van der Waals surface area (Å²) in [6.07, 6.45) is -5.25. The molecule has 1 amide bonds. The quantitative estimate of drug-likeness (QED) is 0.386. The third kappa shape index (κ3) is 4.74. The average molecular weight is 447 g/mol. The maximum Gasteiger partial charge on any atom is 0.416 e. The number of aromatic hydroxyl groups is 1. The number of hydrogen-bond acceptors (Lipinski definition) is 4. The fourth-order valence-electron chi connectivity index (χ4n) is 3.24. The number of carbonyl (C=O) groups is 2. The largest absolute Gasteiger partial charge is 0.494 e. The Bertz CT molecular complexity index is 1210. The number of fused-ring (bicyclic) bond motifs is 1. The van der Waals surface area contributed by atoms with Crippen LogP contribution in [-0.2, 0) is 15.8 Å². The number of amides is 1. The predicted octanol–water partition coefficient (Wildman–Crippen LogP) is 4.37. The monoisotopic (exact) mass is 447 g/mol. The summed E-state index contributed by atoms with van der Waals surface area (Å²) in [5, 5.41) is 23.8. The first-order chi connectivity index (χ1) is 15.0. The Labute approximate surface area is 180 Å². The molecule has 0 fully saturated rings. The number of carboxylic acid groups (broad SMARTS) is 1. The van der Waals surface area contributed by atoms with Crippen molar-refractivity contribution in [1.29, 1.82) is 0 Å². The van der Waals surface area contributed by atoms with Gasteiger partial charge in [0.1, 0.15) is 0 Å². The highest BCUT2D eigenvalue weighted by Gasteiger charge is 2.32. The minimum absolute atomic E-state index is 0.114. The van der Waals surface area contributed by atoms with Gasteiger partial charge in [-0.3, -0.25) is 14.2 Å². The van der Waals surface area contributed by atoms with Gasteiger partial charge in [0, 0.05) is 17.5 Å². The zero-order chi connectivity index (χ0) is 23.6. The van der Waals surface area contributed by atoms with Crippen LogP contribution in [0.4, 0.5) is 13.2 Å². The van der Waals surface area contributed by atoms with E-state index in [2.05, 4.69) is 10.5 Å². The molecule has 3 aromatic rings. The molecule has 168 valence electrons. The van der Waals surface area contributed by atoms with E-state index in [-0.39, 0.29) is 35.5 Å². The molecule has 0 unspecified atom stereocenters. The van der Waals surface area contributed by atoms with Crippen LogP contribution in [0.1, 0.15) is 36.5 Å². The molecule has 0 radical (unpaired) electrons. The number of nitrogens with zero attached hydrogens (tertiary/aromatic N) is 2. The van der Waals surface area contributed by atoms with Crippen LogP contribution in [0.15, 0.2) is 47.6 Å². The molecule has 0 aliphatic rings. The summed E-state index contributed by atoms with van der Waals surface area (Å²) >= 11 is 0. The third-order valence-electron chi connectivity index (χ3n) is 4.84. The Kier molecular flexibility index (Phi) is 6.24. The number of aryl methyl sites for hydroxylation is 1. The number of carbonyl (C=O) groups excluding carboxylic acids is 1. The number of aliphatic carboxylic acids is 1. The molecule has 0 spiro atoms. The number of hydrazone groups is 1. The summed E-state index contributed by atoms with van der Waals surface area (Å²) in [5.74, 6) is -2.13. The van der Waals surface area contributed by atoms with E-state index in [4.69, 9.17) is 5.11 Å². The van der Waals surface area contributed by atoms with Gasteiger partial charge in [-0.1, -0.05) is 23.8 Å². The van der Waals surface area contributed by atoms with Crippen LogP contribution >= 0.6 is 0 Å². The molecule has 7 nitrogen and oxygen atoms in total. The Morgan fingerprint density at radius 1 is 1.09 bits per heavy atom. The van der Waals surface area contributed by atoms with E-state index in [0.29, 0.717) is 11.1 Å². The molecule has 3 rings (SSSR count). The lowest BCUT2D eigenvalue weighted by atomic mass is 10.1. The lowest BCUT2D eigenvalue weighted by Crippen LogP contribution is -2.20. The van der Waals surface area contributed by atoms with Gasteiger partial charge in [0.05, 0.1) is 28.8 Å². The number of aromatic nitrogens is 1. The number of hydrogen-bond donors (Lipinski definition) is 3. The van der Waals surface area contributed by atoms with Gasteiger partial charge in [0.2, 0.25) is 11.8 Å². The van der Waals surface area contributed by atoms with Crippen molar-refractivity contribution in [3.8, 4) is 11.6 Å². The van der Waals surface area contributed by atoms with Crippen molar-refractivity contribution < 1.29 is 33.0 Å². The van der Waals surface area contributed by atoms with Crippen LogP contribution in [0.5, 0.6) is 5.88 Å². The van der Waals surface area contributed by atoms with Crippen LogP contribution in [0, 0.1) is 6.92 Å². The van der Waals surface area contributed by atoms with Gasteiger partial charge in [0.15, 0.2) is 0 Å². The Hall–Kier alpha value is -3.82. The normalized spacial score (nSPS) is 12.2. The number of nitrogens with one attached hydrogen (secondary N) is 1. The van der Waals surface area contributed by atoms with E-state index in [1.54, 1.807) is 24.3 Å². The van der Waals surface area contributed by atoms with Crippen molar-refractivity contribution in [2.24, 2.45) is 5.10 Å². The molecular weight excluding hydrogens is 427 g/mol. The molecule has 2 aromatic carbocycles. The SMILES string of the molecule is CC(=NNC(=O)CCC(=O)O)c1c(O)n(-c2ccc(C)cc2)c2cc(C(F)(F)F)ccc12. The van der Waals surface area contributed by atoms with Crippen molar-refractivity contribution in [1.82, 2.24) is 9.99 Å². The van der Waals surface area contributed by atoms with E-state index < -0.39 is 23.6 Å². The summed E-state index contributed by atoms with van der Waals surface area (Å²) in [6.45, 7) is 3.33. The van der Waals surface area contributed by atoms with Gasteiger partial charge in [-0.25, -0.2) is 5.43 Å². The standard InChI is InChI=1S/C22H20F3N3O4/c1-12-3-6-15(7-4-12)28-17-11-14(22(23,24)25)5-8-16(17)20(21(28)32)13(2)26-27-18(29)9-10-19(30)31/h3-8,11,32H,9-10H2,1-2H3,(H,27,29)(H,30,31). The van der Waals surface area contributed by atoms with Gasteiger partial charge in [-0.05, 0) is 38.1 Å². The van der Waals surface area contributed by atoms with Crippen LogP contribution < -0.4 is 5.43 Å². The number of alkyl halides is 3. The van der Waals surface area contributed by atoms with Crippen LogP contribution in [0.2, 0.25) is 0 Å². The number of halogens is 3. The summed E-state index contributed by atoms with van der Waals surface area (Å²) in [6, 6.07) is 9.94. The first-order valence-electron chi connectivity index (χ1n) is 9.56. The summed E-state index contributed by atoms with van der Waals surface area (Å²) in [4.78, 5) is 22.4. The number of benzene rings is 2. The second-order valence-corrected chi connectivity index (χ2v) is 7.23. The van der Waals surface area contributed by atoms with E-state index in [9.17, 15) is 27.9 Å². The molecule has 10 heteroatoms. The molecular formula is C22H20F3N3O4. The van der Waals surface area contributed by atoms with Crippen molar-refractivity contribution in [2.75, 3.05) is 0 Å². The Balaban J connectivity index is 2.13. The molecule has 0 bridgehead atoms. The topological polar surface area (TPSA) is 104 Å². The molecule has 0 saturated carbocycles. The summed E-state index contributed by atoms with van der Waals surface area (Å²) in [5.41, 5.74) is 3.11. The average Bonchev–Trinajstić information content (AvgIpc) is 3.01. The maximum atomic E-state index is 13.3. The minimum atomic E-state index is -4.58. The zero-order valence-corrected chi connectivity index (χ0v) is 17.2. The molecule has 0 aliphatic heterocycles. The summed E-state index contributed by atoms with van der Waals surface area (Å²) in [7, 11) is 0. The van der Waals surface area contributed by atoms with Gasteiger partial charge >= 0.3 is 12.1 Å². The molecule has 1 aromatic heterocycles. The van der Waals surface area contributed by atoms with Crippen molar-refractivity contribution >= 4 is 28.5 Å². The van der Waals surface area contributed by atoms with Gasteiger partial charge in [0.25, 0.3) is 0 Å².